The quantitative estimate of drug-likeness (QED) is 0.683. The Morgan fingerprint density at radius 3 is 2.25 bits per heavy atom. The fourth-order valence-corrected chi connectivity index (χ4v) is 1.46. The Morgan fingerprint density at radius 1 is 1.38 bits per heavy atom. The van der Waals surface area contributed by atoms with Crippen molar-refractivity contribution in [3.63, 3.8) is 0 Å². The minimum Gasteiger partial charge on any atom is -0.351 e. The van der Waals surface area contributed by atoms with E-state index in [2.05, 4.69) is 24.1 Å². The second kappa shape index (κ2) is 6.86. The summed E-state index contributed by atoms with van der Waals surface area (Å²) in [6.45, 7) is 12.8. The minimum atomic E-state index is -0.752. The van der Waals surface area contributed by atoms with Crippen molar-refractivity contribution in [3.8, 4) is 0 Å². The second-order valence-electron chi connectivity index (χ2n) is 4.63. The smallest absolute Gasteiger partial charge is 0.240 e. The molecule has 0 aromatic heterocycles. The molecule has 0 saturated carbocycles. The molecule has 3 N–H and O–H groups in total. The standard InChI is InChI=1S/C12H27N3O/c1-6-12(5,13)11(16)14-10(4)9-15(7-2)8-3/h10H,6-9,13H2,1-5H3,(H,14,16). The Labute approximate surface area is 99.6 Å². The van der Waals surface area contributed by atoms with Gasteiger partial charge in [-0.15, -0.1) is 0 Å². The molecular formula is C12H27N3O. The highest BCUT2D eigenvalue weighted by Crippen LogP contribution is 2.05. The van der Waals surface area contributed by atoms with Gasteiger partial charge < -0.3 is 16.0 Å². The van der Waals surface area contributed by atoms with E-state index in [0.717, 1.165) is 19.6 Å². The first-order valence-electron chi connectivity index (χ1n) is 6.19. The van der Waals surface area contributed by atoms with Crippen LogP contribution in [0.25, 0.3) is 0 Å². The zero-order valence-corrected chi connectivity index (χ0v) is 11.3. The number of carbonyl (C=O) groups is 1. The molecule has 4 heteroatoms. The van der Waals surface area contributed by atoms with Crippen LogP contribution in [0.4, 0.5) is 0 Å². The van der Waals surface area contributed by atoms with E-state index >= 15 is 0 Å². The average Bonchev–Trinajstić information content (AvgIpc) is 2.25. The van der Waals surface area contributed by atoms with Gasteiger partial charge >= 0.3 is 0 Å². The molecule has 2 atom stereocenters. The van der Waals surface area contributed by atoms with Crippen LogP contribution in [0.1, 0.15) is 41.0 Å². The van der Waals surface area contributed by atoms with Crippen LogP contribution in [0.15, 0.2) is 0 Å². The third kappa shape index (κ3) is 4.94. The van der Waals surface area contributed by atoms with E-state index in [1.165, 1.54) is 0 Å². The molecule has 0 aromatic rings. The topological polar surface area (TPSA) is 58.4 Å². The van der Waals surface area contributed by atoms with Gasteiger partial charge in [0.1, 0.15) is 0 Å². The van der Waals surface area contributed by atoms with Gasteiger partial charge in [-0.2, -0.15) is 0 Å². The van der Waals surface area contributed by atoms with Gasteiger partial charge in [-0.25, -0.2) is 0 Å². The number of hydrogen-bond donors (Lipinski definition) is 2. The van der Waals surface area contributed by atoms with E-state index in [1.807, 2.05) is 13.8 Å². The molecule has 0 spiro atoms. The number of hydrogen-bond acceptors (Lipinski definition) is 3. The molecule has 0 aromatic carbocycles. The summed E-state index contributed by atoms with van der Waals surface area (Å²) in [5.41, 5.74) is 5.13. The first kappa shape index (κ1) is 15.4. The lowest BCUT2D eigenvalue weighted by molar-refractivity contribution is -0.126. The van der Waals surface area contributed by atoms with E-state index < -0.39 is 5.54 Å². The average molecular weight is 229 g/mol. The van der Waals surface area contributed by atoms with Crippen molar-refractivity contribution in [2.75, 3.05) is 19.6 Å². The largest absolute Gasteiger partial charge is 0.351 e. The molecule has 0 heterocycles. The Balaban J connectivity index is 4.14. The summed E-state index contributed by atoms with van der Waals surface area (Å²) in [6.07, 6.45) is 0.650. The van der Waals surface area contributed by atoms with E-state index in [1.54, 1.807) is 6.92 Å². The highest BCUT2D eigenvalue weighted by molar-refractivity contribution is 5.85. The molecule has 1 amide bonds. The molecule has 2 unspecified atom stereocenters. The second-order valence-corrected chi connectivity index (χ2v) is 4.63. The number of nitrogens with zero attached hydrogens (tertiary/aromatic N) is 1. The van der Waals surface area contributed by atoms with Crippen molar-refractivity contribution in [2.45, 2.75) is 52.6 Å². The van der Waals surface area contributed by atoms with Gasteiger partial charge in [-0.05, 0) is 33.4 Å². The van der Waals surface area contributed by atoms with Crippen molar-refractivity contribution in [3.05, 3.63) is 0 Å². The lowest BCUT2D eigenvalue weighted by Crippen LogP contribution is -2.55. The third-order valence-electron chi connectivity index (χ3n) is 3.06. The Hall–Kier alpha value is -0.610. The maximum Gasteiger partial charge on any atom is 0.240 e. The van der Waals surface area contributed by atoms with Gasteiger partial charge in [0.05, 0.1) is 5.54 Å². The molecule has 0 radical (unpaired) electrons. The van der Waals surface area contributed by atoms with Crippen molar-refractivity contribution >= 4 is 5.91 Å². The van der Waals surface area contributed by atoms with Crippen molar-refractivity contribution in [1.82, 2.24) is 10.2 Å². The zero-order valence-electron chi connectivity index (χ0n) is 11.3. The summed E-state index contributed by atoms with van der Waals surface area (Å²) < 4.78 is 0. The SMILES string of the molecule is CCN(CC)CC(C)NC(=O)C(C)(N)CC. The van der Waals surface area contributed by atoms with Gasteiger partial charge in [0.15, 0.2) is 0 Å². The van der Waals surface area contributed by atoms with Gasteiger partial charge in [0.2, 0.25) is 5.91 Å². The van der Waals surface area contributed by atoms with Crippen molar-refractivity contribution in [2.24, 2.45) is 5.73 Å². The molecule has 96 valence electrons. The molecule has 16 heavy (non-hydrogen) atoms. The lowest BCUT2D eigenvalue weighted by Gasteiger charge is -2.27. The summed E-state index contributed by atoms with van der Waals surface area (Å²) in [4.78, 5) is 14.1. The molecule has 4 nitrogen and oxygen atoms in total. The summed E-state index contributed by atoms with van der Waals surface area (Å²) in [5.74, 6) is -0.0605. The number of carbonyl (C=O) groups excluding carboxylic acids is 1. The zero-order chi connectivity index (χ0) is 12.8. The van der Waals surface area contributed by atoms with E-state index in [-0.39, 0.29) is 11.9 Å². The van der Waals surface area contributed by atoms with E-state index in [9.17, 15) is 4.79 Å². The fourth-order valence-electron chi connectivity index (χ4n) is 1.46. The maximum absolute atomic E-state index is 11.8. The Bertz CT molecular complexity index is 212. The summed E-state index contributed by atoms with van der Waals surface area (Å²) in [5, 5.41) is 2.96. The van der Waals surface area contributed by atoms with Crippen LogP contribution < -0.4 is 11.1 Å². The number of likely N-dealkylation sites (N-methyl/N-ethyl adjacent to an activating group) is 1. The normalized spacial score (nSPS) is 16.9. The van der Waals surface area contributed by atoms with Crippen LogP contribution in [-0.4, -0.2) is 42.0 Å². The van der Waals surface area contributed by atoms with Gasteiger partial charge in [-0.3, -0.25) is 4.79 Å². The van der Waals surface area contributed by atoms with Crippen LogP contribution in [0.5, 0.6) is 0 Å². The molecule has 0 rings (SSSR count). The summed E-state index contributed by atoms with van der Waals surface area (Å²) in [7, 11) is 0. The van der Waals surface area contributed by atoms with E-state index in [0.29, 0.717) is 6.42 Å². The molecule has 0 saturated heterocycles. The van der Waals surface area contributed by atoms with Gasteiger partial charge in [0.25, 0.3) is 0 Å². The van der Waals surface area contributed by atoms with Crippen LogP contribution in [-0.2, 0) is 4.79 Å². The van der Waals surface area contributed by atoms with Crippen molar-refractivity contribution < 1.29 is 4.79 Å². The first-order valence-corrected chi connectivity index (χ1v) is 6.19. The number of amides is 1. The molecule has 0 bridgehead atoms. The minimum absolute atomic E-state index is 0.0605. The van der Waals surface area contributed by atoms with Crippen LogP contribution in [0.2, 0.25) is 0 Å². The summed E-state index contributed by atoms with van der Waals surface area (Å²) >= 11 is 0. The molecular weight excluding hydrogens is 202 g/mol. The Kier molecular flexibility index (Phi) is 6.60. The first-order chi connectivity index (χ1) is 7.37. The number of nitrogens with two attached hydrogens (primary N) is 1. The highest BCUT2D eigenvalue weighted by Gasteiger charge is 2.26. The highest BCUT2D eigenvalue weighted by atomic mass is 16.2. The fraction of sp³-hybridized carbons (Fsp3) is 0.917. The van der Waals surface area contributed by atoms with Gasteiger partial charge in [0, 0.05) is 12.6 Å². The van der Waals surface area contributed by atoms with Gasteiger partial charge in [-0.1, -0.05) is 20.8 Å². The predicted octanol–water partition coefficient (Wildman–Crippen LogP) is 0.960. The molecule has 0 fully saturated rings. The molecule has 0 aliphatic rings. The van der Waals surface area contributed by atoms with Crippen LogP contribution in [0.3, 0.4) is 0 Å². The third-order valence-corrected chi connectivity index (χ3v) is 3.06. The monoisotopic (exact) mass is 229 g/mol. The Morgan fingerprint density at radius 2 is 1.88 bits per heavy atom. The molecule has 0 aliphatic heterocycles. The number of nitrogens with one attached hydrogen (secondary N) is 1. The number of rotatable bonds is 7. The van der Waals surface area contributed by atoms with Crippen molar-refractivity contribution in [1.29, 1.82) is 0 Å². The lowest BCUT2D eigenvalue weighted by atomic mass is 9.99. The molecule has 0 aliphatic carbocycles. The predicted molar refractivity (Wildman–Crippen MR) is 68.3 cm³/mol. The van der Waals surface area contributed by atoms with E-state index in [4.69, 9.17) is 5.73 Å². The summed E-state index contributed by atoms with van der Waals surface area (Å²) in [6, 6.07) is 0.141. The van der Waals surface area contributed by atoms with Crippen LogP contribution in [0, 0.1) is 0 Å². The van der Waals surface area contributed by atoms with Crippen LogP contribution >= 0.6 is 0 Å². The maximum atomic E-state index is 11.8.